The van der Waals surface area contributed by atoms with Crippen molar-refractivity contribution in [2.24, 2.45) is 5.41 Å². The molecule has 1 saturated carbocycles. The van der Waals surface area contributed by atoms with E-state index in [1.807, 2.05) is 24.3 Å². The maximum absolute atomic E-state index is 12.8. The van der Waals surface area contributed by atoms with E-state index in [2.05, 4.69) is 20.2 Å². The van der Waals surface area contributed by atoms with Gasteiger partial charge < -0.3 is 10.2 Å². The highest BCUT2D eigenvalue weighted by Crippen LogP contribution is 2.50. The van der Waals surface area contributed by atoms with Crippen molar-refractivity contribution in [3.8, 4) is 0 Å². The number of hydrogen-bond donors (Lipinski definition) is 1. The predicted octanol–water partition coefficient (Wildman–Crippen LogP) is 5.92. The summed E-state index contributed by atoms with van der Waals surface area (Å²) < 4.78 is 38.4. The highest BCUT2D eigenvalue weighted by Gasteiger charge is 2.49. The first-order chi connectivity index (χ1) is 14.3. The molecule has 1 saturated heterocycles. The third-order valence-electron chi connectivity index (χ3n) is 6.05. The molecule has 0 radical (unpaired) electrons. The van der Waals surface area contributed by atoms with Crippen molar-refractivity contribution in [3.05, 3.63) is 46.6 Å². The Morgan fingerprint density at radius 2 is 1.97 bits per heavy atom. The van der Waals surface area contributed by atoms with Crippen molar-refractivity contribution in [2.75, 3.05) is 23.3 Å². The van der Waals surface area contributed by atoms with Crippen LogP contribution in [0.3, 0.4) is 0 Å². The van der Waals surface area contributed by atoms with Crippen LogP contribution in [0.4, 0.5) is 24.7 Å². The van der Waals surface area contributed by atoms with Crippen molar-refractivity contribution in [1.29, 1.82) is 0 Å². The highest BCUT2D eigenvalue weighted by molar-refractivity contribution is 7.18. The minimum Gasteiger partial charge on any atom is -0.382 e. The van der Waals surface area contributed by atoms with Gasteiger partial charge in [-0.25, -0.2) is 9.97 Å². The quantitative estimate of drug-likeness (QED) is 0.533. The number of rotatable bonds is 4. The van der Waals surface area contributed by atoms with E-state index in [1.165, 1.54) is 6.33 Å². The van der Waals surface area contributed by atoms with Crippen LogP contribution >= 0.6 is 22.9 Å². The van der Waals surface area contributed by atoms with E-state index in [0.717, 1.165) is 65.6 Å². The maximum Gasteiger partial charge on any atom is 0.393 e. The van der Waals surface area contributed by atoms with E-state index in [9.17, 15) is 13.2 Å². The summed E-state index contributed by atoms with van der Waals surface area (Å²) in [5, 5.41) is 5.01. The van der Waals surface area contributed by atoms with E-state index in [4.69, 9.17) is 11.6 Å². The Morgan fingerprint density at radius 3 is 2.70 bits per heavy atom. The second kappa shape index (κ2) is 7.27. The molecule has 9 heteroatoms. The summed E-state index contributed by atoms with van der Waals surface area (Å²) in [6, 6.07) is 9.77. The summed E-state index contributed by atoms with van der Waals surface area (Å²) in [7, 11) is 0. The number of hydrogen-bond acceptors (Lipinski definition) is 5. The van der Waals surface area contributed by atoms with Crippen LogP contribution in [-0.2, 0) is 6.42 Å². The van der Waals surface area contributed by atoms with Crippen molar-refractivity contribution in [2.45, 2.75) is 37.9 Å². The zero-order valence-corrected chi connectivity index (χ0v) is 17.6. The van der Waals surface area contributed by atoms with Crippen LogP contribution in [0.15, 0.2) is 36.7 Å². The van der Waals surface area contributed by atoms with E-state index in [1.54, 1.807) is 6.07 Å². The molecule has 0 amide bonds. The lowest BCUT2D eigenvalue weighted by Crippen LogP contribution is -2.46. The molecular formula is C21H20ClF3N4S. The molecule has 1 spiro atoms. The molecule has 0 unspecified atom stereocenters. The summed E-state index contributed by atoms with van der Waals surface area (Å²) in [5.41, 5.74) is 1.31. The fourth-order valence-electron chi connectivity index (χ4n) is 4.75. The zero-order valence-electron chi connectivity index (χ0n) is 16.0. The molecule has 4 nitrogen and oxygen atoms in total. The Kier molecular flexibility index (Phi) is 4.82. The molecule has 30 heavy (non-hydrogen) atoms. The van der Waals surface area contributed by atoms with Crippen LogP contribution in [0.5, 0.6) is 0 Å². The molecule has 0 atom stereocenters. The number of halogens is 4. The Balaban J connectivity index is 1.27. The monoisotopic (exact) mass is 452 g/mol. The topological polar surface area (TPSA) is 41.0 Å². The molecule has 3 aromatic rings. The third-order valence-corrected chi connectivity index (χ3v) is 7.34. The van der Waals surface area contributed by atoms with E-state index in [-0.39, 0.29) is 10.3 Å². The fraction of sp³-hybridized carbons (Fsp3) is 0.429. The maximum atomic E-state index is 12.8. The van der Waals surface area contributed by atoms with Crippen LogP contribution in [0, 0.1) is 5.41 Å². The first-order valence-corrected chi connectivity index (χ1v) is 11.1. The van der Waals surface area contributed by atoms with Crippen LogP contribution in [-0.4, -0.2) is 35.3 Å². The fourth-order valence-corrected chi connectivity index (χ4v) is 5.90. The number of alkyl halides is 3. The number of nitrogens with one attached hydrogen (secondary N) is 1. The summed E-state index contributed by atoms with van der Waals surface area (Å²) in [5.74, 6) is 0.760. The molecule has 2 fully saturated rings. The number of anilines is 2. The number of nitrogens with zero attached hydrogens (tertiary/aromatic N) is 3. The summed E-state index contributed by atoms with van der Waals surface area (Å²) >= 11 is 7.05. The van der Waals surface area contributed by atoms with Gasteiger partial charge in [0.25, 0.3) is 0 Å². The Hall–Kier alpha value is -2.06. The van der Waals surface area contributed by atoms with Crippen LogP contribution in [0.2, 0.25) is 5.02 Å². The Labute approximate surface area is 181 Å². The molecule has 5 rings (SSSR count). The number of thiophene rings is 1. The largest absolute Gasteiger partial charge is 0.393 e. The molecule has 1 N–H and O–H groups in total. The molecular weight excluding hydrogens is 433 g/mol. The van der Waals surface area contributed by atoms with Gasteiger partial charge in [-0.2, -0.15) is 13.2 Å². The standard InChI is InChI=1S/C21H20ClF3N4S/c22-13-1-3-14(4-2-13)28-15-8-20(9-15)5-6-29(11-20)18-17-7-16(10-21(23,24)25)30-19(17)27-12-26-18/h1-4,7,12,15,28H,5-6,8-11H2. The summed E-state index contributed by atoms with van der Waals surface area (Å²) in [4.78, 5) is 11.7. The van der Waals surface area contributed by atoms with Crippen molar-refractivity contribution in [1.82, 2.24) is 9.97 Å². The summed E-state index contributed by atoms with van der Waals surface area (Å²) in [6.45, 7) is 1.74. The number of fused-ring (bicyclic) bond motifs is 1. The second-order valence-corrected chi connectivity index (χ2v) is 9.90. The average Bonchev–Trinajstić information content (AvgIpc) is 3.25. The van der Waals surface area contributed by atoms with Gasteiger partial charge in [-0.1, -0.05) is 11.6 Å². The van der Waals surface area contributed by atoms with Gasteiger partial charge in [0.05, 0.1) is 11.8 Å². The van der Waals surface area contributed by atoms with Gasteiger partial charge in [-0.3, -0.25) is 0 Å². The smallest absolute Gasteiger partial charge is 0.382 e. The van der Waals surface area contributed by atoms with Crippen LogP contribution < -0.4 is 10.2 Å². The first kappa shape index (κ1) is 19.9. The number of aromatic nitrogens is 2. The molecule has 158 valence electrons. The van der Waals surface area contributed by atoms with Crippen molar-refractivity contribution in [3.63, 3.8) is 0 Å². The summed E-state index contributed by atoms with van der Waals surface area (Å²) in [6.07, 6.45) is -0.467. The molecule has 1 aromatic carbocycles. The minimum atomic E-state index is -4.22. The first-order valence-electron chi connectivity index (χ1n) is 9.86. The number of benzene rings is 1. The average molecular weight is 453 g/mol. The van der Waals surface area contributed by atoms with Gasteiger partial charge in [0.1, 0.15) is 17.0 Å². The lowest BCUT2D eigenvalue weighted by molar-refractivity contribution is -0.126. The Bertz CT molecular complexity index is 1060. The normalized spacial score (nSPS) is 23.9. The highest BCUT2D eigenvalue weighted by atomic mass is 35.5. The molecule has 3 heterocycles. The van der Waals surface area contributed by atoms with Gasteiger partial charge in [-0.05, 0) is 55.0 Å². The van der Waals surface area contributed by atoms with Gasteiger partial charge in [-0.15, -0.1) is 11.3 Å². The van der Waals surface area contributed by atoms with Gasteiger partial charge in [0.2, 0.25) is 0 Å². The van der Waals surface area contributed by atoms with Gasteiger partial charge in [0.15, 0.2) is 0 Å². The second-order valence-electron chi connectivity index (χ2n) is 8.35. The molecule has 1 aliphatic carbocycles. The van der Waals surface area contributed by atoms with Crippen molar-refractivity contribution >= 4 is 44.7 Å². The third kappa shape index (κ3) is 3.95. The van der Waals surface area contributed by atoms with Crippen LogP contribution in [0.1, 0.15) is 24.1 Å². The zero-order chi connectivity index (χ0) is 20.9. The predicted molar refractivity (Wildman–Crippen MR) is 115 cm³/mol. The van der Waals surface area contributed by atoms with Crippen LogP contribution in [0.25, 0.3) is 10.2 Å². The lowest BCUT2D eigenvalue weighted by Gasteiger charge is -2.46. The van der Waals surface area contributed by atoms with Gasteiger partial charge >= 0.3 is 6.18 Å². The molecule has 1 aliphatic heterocycles. The molecule has 2 aliphatic rings. The minimum absolute atomic E-state index is 0.242. The lowest BCUT2D eigenvalue weighted by atomic mass is 9.65. The SMILES string of the molecule is FC(F)(F)Cc1cc2c(N3CCC4(CC(Nc5ccc(Cl)cc5)C4)C3)ncnc2s1. The van der Waals surface area contributed by atoms with Gasteiger partial charge in [0, 0.05) is 34.7 Å². The van der Waals surface area contributed by atoms with Crippen molar-refractivity contribution < 1.29 is 13.2 Å². The van der Waals surface area contributed by atoms with E-state index in [0.29, 0.717) is 10.9 Å². The molecule has 0 bridgehead atoms. The Morgan fingerprint density at radius 1 is 1.20 bits per heavy atom. The van der Waals surface area contributed by atoms with E-state index >= 15 is 0 Å². The molecule has 2 aromatic heterocycles. The van der Waals surface area contributed by atoms with E-state index < -0.39 is 12.6 Å².